The van der Waals surface area contributed by atoms with Gasteiger partial charge in [0.05, 0.1) is 11.1 Å². The second-order valence-corrected chi connectivity index (χ2v) is 6.56. The predicted octanol–water partition coefficient (Wildman–Crippen LogP) is 2.02. The van der Waals surface area contributed by atoms with Gasteiger partial charge in [-0.05, 0) is 19.1 Å². The predicted molar refractivity (Wildman–Crippen MR) is 67.6 cm³/mol. The Balaban J connectivity index is 3.00. The van der Waals surface area contributed by atoms with Gasteiger partial charge < -0.3 is 0 Å². The van der Waals surface area contributed by atoms with Crippen LogP contribution in [-0.4, -0.2) is 25.3 Å². The lowest BCUT2D eigenvalue weighted by molar-refractivity contribution is 0.0996. The summed E-state index contributed by atoms with van der Waals surface area (Å²) in [5.74, 6) is -0.0860. The number of alkyl halides is 1. The van der Waals surface area contributed by atoms with Gasteiger partial charge in [-0.2, -0.15) is 0 Å². The molecule has 0 saturated heterocycles. The van der Waals surface area contributed by atoms with Crippen molar-refractivity contribution in [2.24, 2.45) is 0 Å². The number of rotatable bonds is 4. The molecular formula is C10H12BrNO3S. The van der Waals surface area contributed by atoms with Crippen LogP contribution < -0.4 is 4.72 Å². The monoisotopic (exact) mass is 305 g/mol. The highest BCUT2D eigenvalue weighted by atomic mass is 79.9. The first kappa shape index (κ1) is 13.2. The first-order valence-corrected chi connectivity index (χ1v) is 7.36. The third-order valence-corrected chi connectivity index (χ3v) is 2.83. The van der Waals surface area contributed by atoms with E-state index in [0.717, 1.165) is 6.26 Å². The van der Waals surface area contributed by atoms with Crippen LogP contribution >= 0.6 is 15.9 Å². The van der Waals surface area contributed by atoms with Crippen molar-refractivity contribution in [2.75, 3.05) is 11.0 Å². The number of Topliss-reactive ketones (excluding diaryl/α,β-unsaturated/α-hetero) is 1. The van der Waals surface area contributed by atoms with Gasteiger partial charge in [0, 0.05) is 11.3 Å². The molecule has 0 aliphatic carbocycles. The smallest absolute Gasteiger partial charge is 0.229 e. The molecule has 88 valence electrons. The molecule has 16 heavy (non-hydrogen) atoms. The number of ketones is 1. The highest BCUT2D eigenvalue weighted by molar-refractivity contribution is 9.10. The molecule has 1 atom stereocenters. The molecule has 1 rings (SSSR count). The fraction of sp³-hybridized carbons (Fsp3) is 0.300. The Morgan fingerprint density at radius 3 is 2.56 bits per heavy atom. The van der Waals surface area contributed by atoms with E-state index in [1.54, 1.807) is 25.1 Å². The van der Waals surface area contributed by atoms with Gasteiger partial charge in [-0.25, -0.2) is 8.42 Å². The zero-order valence-corrected chi connectivity index (χ0v) is 11.3. The van der Waals surface area contributed by atoms with Crippen molar-refractivity contribution >= 4 is 37.4 Å². The Bertz CT molecular complexity index is 497. The Labute approximate surface area is 103 Å². The number of halogens is 1. The van der Waals surface area contributed by atoms with E-state index in [0.29, 0.717) is 11.3 Å². The summed E-state index contributed by atoms with van der Waals surface area (Å²) in [6.07, 6.45) is 1.06. The second-order valence-electron chi connectivity index (χ2n) is 3.44. The number of sulfonamides is 1. The summed E-state index contributed by atoms with van der Waals surface area (Å²) in [7, 11) is -3.31. The molecule has 0 radical (unpaired) electrons. The molecule has 1 aromatic rings. The van der Waals surface area contributed by atoms with Crippen molar-refractivity contribution in [3.05, 3.63) is 29.8 Å². The highest BCUT2D eigenvalue weighted by Crippen LogP contribution is 2.15. The van der Waals surface area contributed by atoms with E-state index in [1.165, 1.54) is 6.07 Å². The maximum Gasteiger partial charge on any atom is 0.229 e. The minimum atomic E-state index is -3.31. The molecule has 1 unspecified atom stereocenters. The summed E-state index contributed by atoms with van der Waals surface area (Å²) >= 11 is 3.17. The zero-order valence-electron chi connectivity index (χ0n) is 8.90. The number of hydrogen-bond donors (Lipinski definition) is 1. The fourth-order valence-electron chi connectivity index (χ4n) is 1.18. The van der Waals surface area contributed by atoms with Crippen molar-refractivity contribution in [3.8, 4) is 0 Å². The van der Waals surface area contributed by atoms with Crippen LogP contribution in [0.3, 0.4) is 0 Å². The van der Waals surface area contributed by atoms with Gasteiger partial charge in [-0.1, -0.05) is 28.1 Å². The minimum absolute atomic E-state index is 0.0860. The maximum atomic E-state index is 11.6. The Hall–Kier alpha value is -0.880. The lowest BCUT2D eigenvalue weighted by Crippen LogP contribution is -2.12. The van der Waals surface area contributed by atoms with Crippen molar-refractivity contribution in [1.82, 2.24) is 0 Å². The Kier molecular flexibility index (Phi) is 4.09. The Morgan fingerprint density at radius 1 is 1.44 bits per heavy atom. The fourth-order valence-corrected chi connectivity index (χ4v) is 2.00. The summed E-state index contributed by atoms with van der Waals surface area (Å²) in [4.78, 5) is 11.3. The number of benzene rings is 1. The lowest BCUT2D eigenvalue weighted by Gasteiger charge is -2.07. The molecule has 0 aliphatic rings. The van der Waals surface area contributed by atoms with Crippen LogP contribution in [0.2, 0.25) is 0 Å². The third kappa shape index (κ3) is 3.94. The van der Waals surface area contributed by atoms with Crippen molar-refractivity contribution < 1.29 is 13.2 Å². The van der Waals surface area contributed by atoms with Crippen LogP contribution in [0.25, 0.3) is 0 Å². The normalized spacial score (nSPS) is 13.2. The maximum absolute atomic E-state index is 11.6. The van der Waals surface area contributed by atoms with Gasteiger partial charge in [0.1, 0.15) is 0 Å². The van der Waals surface area contributed by atoms with Crippen LogP contribution in [-0.2, 0) is 10.0 Å². The zero-order chi connectivity index (χ0) is 12.3. The van der Waals surface area contributed by atoms with E-state index in [2.05, 4.69) is 20.7 Å². The molecule has 0 saturated carbocycles. The van der Waals surface area contributed by atoms with Gasteiger partial charge in [0.15, 0.2) is 5.78 Å². The molecule has 0 bridgehead atoms. The molecule has 0 amide bonds. The molecule has 1 N–H and O–H groups in total. The average Bonchev–Trinajstić information content (AvgIpc) is 2.14. The number of carbonyl (C=O) groups is 1. The van der Waals surface area contributed by atoms with Crippen molar-refractivity contribution in [1.29, 1.82) is 0 Å². The summed E-state index contributed by atoms with van der Waals surface area (Å²) in [5, 5.41) is 0. The molecule has 1 aromatic carbocycles. The van der Waals surface area contributed by atoms with Gasteiger partial charge in [-0.15, -0.1) is 0 Å². The molecule has 0 aliphatic heterocycles. The minimum Gasteiger partial charge on any atom is -0.293 e. The van der Waals surface area contributed by atoms with Crippen LogP contribution in [0.15, 0.2) is 24.3 Å². The first-order valence-electron chi connectivity index (χ1n) is 4.56. The summed E-state index contributed by atoms with van der Waals surface area (Å²) < 4.78 is 24.3. The lowest BCUT2D eigenvalue weighted by atomic mass is 10.1. The molecule has 0 spiro atoms. The summed E-state index contributed by atoms with van der Waals surface area (Å²) in [5.41, 5.74) is 0.861. The summed E-state index contributed by atoms with van der Waals surface area (Å²) in [6, 6.07) is 6.39. The van der Waals surface area contributed by atoms with Crippen LogP contribution in [0.5, 0.6) is 0 Å². The average molecular weight is 306 g/mol. The van der Waals surface area contributed by atoms with E-state index >= 15 is 0 Å². The van der Waals surface area contributed by atoms with Gasteiger partial charge in [0.2, 0.25) is 10.0 Å². The first-order chi connectivity index (χ1) is 7.29. The van der Waals surface area contributed by atoms with Gasteiger partial charge in [0.25, 0.3) is 0 Å². The van der Waals surface area contributed by atoms with Crippen molar-refractivity contribution in [2.45, 2.75) is 11.8 Å². The third-order valence-electron chi connectivity index (χ3n) is 1.81. The largest absolute Gasteiger partial charge is 0.293 e. The topological polar surface area (TPSA) is 63.2 Å². The summed E-state index contributed by atoms with van der Waals surface area (Å²) in [6.45, 7) is 1.72. The number of anilines is 1. The number of nitrogens with one attached hydrogen (secondary N) is 1. The molecular weight excluding hydrogens is 294 g/mol. The van der Waals surface area contributed by atoms with E-state index < -0.39 is 10.0 Å². The Morgan fingerprint density at radius 2 is 2.06 bits per heavy atom. The number of hydrogen-bond acceptors (Lipinski definition) is 3. The quantitative estimate of drug-likeness (QED) is 0.684. The standard InChI is InChI=1S/C10H12BrNO3S/c1-7(11)10(13)8-4-3-5-9(6-8)12-16(2,14)15/h3-7,12H,1-2H3. The molecule has 0 heterocycles. The van der Waals surface area contributed by atoms with Crippen LogP contribution in [0, 0.1) is 0 Å². The van der Waals surface area contributed by atoms with E-state index in [1.807, 2.05) is 0 Å². The second kappa shape index (κ2) is 4.97. The van der Waals surface area contributed by atoms with Crippen LogP contribution in [0.4, 0.5) is 5.69 Å². The number of carbonyl (C=O) groups excluding carboxylic acids is 1. The molecule has 0 fully saturated rings. The van der Waals surface area contributed by atoms with Crippen LogP contribution in [0.1, 0.15) is 17.3 Å². The van der Waals surface area contributed by atoms with Gasteiger partial charge >= 0.3 is 0 Å². The molecule has 4 nitrogen and oxygen atoms in total. The molecule has 6 heteroatoms. The highest BCUT2D eigenvalue weighted by Gasteiger charge is 2.12. The van der Waals surface area contributed by atoms with Gasteiger partial charge in [-0.3, -0.25) is 9.52 Å². The van der Waals surface area contributed by atoms with Crippen molar-refractivity contribution in [3.63, 3.8) is 0 Å². The SMILES string of the molecule is CC(Br)C(=O)c1cccc(NS(C)(=O)=O)c1. The van der Waals surface area contributed by atoms with E-state index in [4.69, 9.17) is 0 Å². The molecule has 0 aromatic heterocycles. The van der Waals surface area contributed by atoms with E-state index in [-0.39, 0.29) is 10.6 Å². The van der Waals surface area contributed by atoms with E-state index in [9.17, 15) is 13.2 Å².